The summed E-state index contributed by atoms with van der Waals surface area (Å²) in [4.78, 5) is 4.27. The molecule has 0 radical (unpaired) electrons. The van der Waals surface area contributed by atoms with Crippen LogP contribution in [0.25, 0.3) is 11.4 Å². The molecule has 2 rings (SSSR count). The van der Waals surface area contributed by atoms with E-state index in [2.05, 4.69) is 31.4 Å². The number of hydrogen-bond acceptors (Lipinski definition) is 5. The largest absolute Gasteiger partial charge is 0.383 e. The standard InChI is InChI=1S/C12H14BrN3O2/c1-8-3-4-9(10(13)7-8)11-15-12(18-16-11)14-5-6-17-2/h3-4,7H,5-6H2,1-2H3,(H,14,15,16). The van der Waals surface area contributed by atoms with E-state index in [-0.39, 0.29) is 0 Å². The molecule has 5 nitrogen and oxygen atoms in total. The molecule has 0 aliphatic heterocycles. The summed E-state index contributed by atoms with van der Waals surface area (Å²) in [5.74, 6) is 0.557. The number of aromatic nitrogens is 2. The number of rotatable bonds is 5. The predicted molar refractivity (Wildman–Crippen MR) is 72.5 cm³/mol. The molecule has 6 heteroatoms. The highest BCUT2D eigenvalue weighted by molar-refractivity contribution is 9.10. The van der Waals surface area contributed by atoms with Crippen LogP contribution in [0.5, 0.6) is 0 Å². The molecule has 0 fully saturated rings. The molecule has 0 unspecified atom stereocenters. The summed E-state index contributed by atoms with van der Waals surface area (Å²) in [6.45, 7) is 3.25. The minimum absolute atomic E-state index is 0.398. The van der Waals surface area contributed by atoms with Gasteiger partial charge in [0.1, 0.15) is 0 Å². The molecule has 0 saturated heterocycles. The lowest BCUT2D eigenvalue weighted by Crippen LogP contribution is -2.07. The molecule has 0 bridgehead atoms. The van der Waals surface area contributed by atoms with Gasteiger partial charge in [0.2, 0.25) is 5.82 Å². The van der Waals surface area contributed by atoms with Gasteiger partial charge in [-0.2, -0.15) is 4.98 Å². The van der Waals surface area contributed by atoms with E-state index < -0.39 is 0 Å². The van der Waals surface area contributed by atoms with Gasteiger partial charge in [-0.25, -0.2) is 0 Å². The fourth-order valence-electron chi connectivity index (χ4n) is 1.47. The van der Waals surface area contributed by atoms with Gasteiger partial charge in [0.05, 0.1) is 6.61 Å². The third kappa shape index (κ3) is 3.08. The number of aryl methyl sites for hydroxylation is 1. The maximum absolute atomic E-state index is 5.10. The molecule has 0 atom stereocenters. The first kappa shape index (κ1) is 13.0. The Morgan fingerprint density at radius 1 is 1.44 bits per heavy atom. The Morgan fingerprint density at radius 3 is 3.00 bits per heavy atom. The Hall–Kier alpha value is -1.40. The fourth-order valence-corrected chi connectivity index (χ4v) is 2.14. The number of hydrogen-bond donors (Lipinski definition) is 1. The van der Waals surface area contributed by atoms with Crippen LogP contribution in [-0.2, 0) is 4.74 Å². The highest BCUT2D eigenvalue weighted by atomic mass is 79.9. The van der Waals surface area contributed by atoms with E-state index in [1.165, 1.54) is 5.56 Å². The Labute approximate surface area is 114 Å². The predicted octanol–water partition coefficient (Wildman–Crippen LogP) is 2.87. The van der Waals surface area contributed by atoms with Gasteiger partial charge < -0.3 is 14.6 Å². The van der Waals surface area contributed by atoms with Crippen LogP contribution in [0, 0.1) is 6.92 Å². The second kappa shape index (κ2) is 5.97. The Kier molecular flexibility index (Phi) is 4.33. The number of methoxy groups -OCH3 is 1. The molecular formula is C12H14BrN3O2. The Balaban J connectivity index is 2.13. The van der Waals surface area contributed by atoms with Gasteiger partial charge in [0.25, 0.3) is 0 Å². The summed E-state index contributed by atoms with van der Waals surface area (Å²) >= 11 is 3.49. The first-order valence-corrected chi connectivity index (χ1v) is 6.33. The fraction of sp³-hybridized carbons (Fsp3) is 0.333. The van der Waals surface area contributed by atoms with Crippen molar-refractivity contribution in [2.75, 3.05) is 25.6 Å². The number of nitrogens with zero attached hydrogens (tertiary/aromatic N) is 2. The van der Waals surface area contributed by atoms with E-state index in [0.717, 1.165) is 10.0 Å². The van der Waals surface area contributed by atoms with Gasteiger partial charge in [0, 0.05) is 23.7 Å². The van der Waals surface area contributed by atoms with Gasteiger partial charge in [0.15, 0.2) is 0 Å². The van der Waals surface area contributed by atoms with Crippen LogP contribution in [0.15, 0.2) is 27.2 Å². The summed E-state index contributed by atoms with van der Waals surface area (Å²) in [6, 6.07) is 6.39. The lowest BCUT2D eigenvalue weighted by atomic mass is 10.1. The molecule has 1 heterocycles. The lowest BCUT2D eigenvalue weighted by molar-refractivity contribution is 0.210. The van der Waals surface area contributed by atoms with E-state index in [1.54, 1.807) is 7.11 Å². The van der Waals surface area contributed by atoms with E-state index in [4.69, 9.17) is 9.26 Å². The topological polar surface area (TPSA) is 60.2 Å². The normalized spacial score (nSPS) is 10.6. The van der Waals surface area contributed by atoms with Crippen LogP contribution in [0.2, 0.25) is 0 Å². The van der Waals surface area contributed by atoms with E-state index in [9.17, 15) is 0 Å². The summed E-state index contributed by atoms with van der Waals surface area (Å²) in [5, 5.41) is 6.92. The van der Waals surface area contributed by atoms with Crippen molar-refractivity contribution in [3.05, 3.63) is 28.2 Å². The number of halogens is 1. The highest BCUT2D eigenvalue weighted by Gasteiger charge is 2.11. The monoisotopic (exact) mass is 311 g/mol. The van der Waals surface area contributed by atoms with E-state index >= 15 is 0 Å². The SMILES string of the molecule is COCCNc1nc(-c2ccc(C)cc2Br)no1. The van der Waals surface area contributed by atoms with Crippen molar-refractivity contribution in [1.82, 2.24) is 10.1 Å². The quantitative estimate of drug-likeness (QED) is 0.860. The lowest BCUT2D eigenvalue weighted by Gasteiger charge is -2.00. The van der Waals surface area contributed by atoms with Crippen molar-refractivity contribution < 1.29 is 9.26 Å². The van der Waals surface area contributed by atoms with Crippen molar-refractivity contribution in [2.24, 2.45) is 0 Å². The zero-order chi connectivity index (χ0) is 13.0. The van der Waals surface area contributed by atoms with Crippen molar-refractivity contribution in [1.29, 1.82) is 0 Å². The minimum atomic E-state index is 0.398. The number of ether oxygens (including phenoxy) is 1. The first-order chi connectivity index (χ1) is 8.70. The highest BCUT2D eigenvalue weighted by Crippen LogP contribution is 2.27. The molecule has 96 valence electrons. The molecule has 0 saturated carbocycles. The van der Waals surface area contributed by atoms with Crippen LogP contribution < -0.4 is 5.32 Å². The number of benzene rings is 1. The van der Waals surface area contributed by atoms with E-state index in [1.807, 2.05) is 25.1 Å². The van der Waals surface area contributed by atoms with Crippen molar-refractivity contribution in [3.8, 4) is 11.4 Å². The van der Waals surface area contributed by atoms with Crippen molar-refractivity contribution in [3.63, 3.8) is 0 Å². The summed E-state index contributed by atoms with van der Waals surface area (Å²) in [7, 11) is 1.64. The molecule has 1 N–H and O–H groups in total. The second-order valence-electron chi connectivity index (χ2n) is 3.83. The number of nitrogens with one attached hydrogen (secondary N) is 1. The van der Waals surface area contributed by atoms with Crippen LogP contribution in [-0.4, -0.2) is 30.4 Å². The molecule has 2 aromatic rings. The molecule has 1 aromatic heterocycles. The second-order valence-corrected chi connectivity index (χ2v) is 4.68. The maximum Gasteiger partial charge on any atom is 0.321 e. The van der Waals surface area contributed by atoms with Crippen LogP contribution in [0.4, 0.5) is 6.01 Å². The molecule has 0 amide bonds. The third-order valence-corrected chi connectivity index (χ3v) is 3.03. The van der Waals surface area contributed by atoms with Crippen LogP contribution in [0.1, 0.15) is 5.56 Å². The average Bonchev–Trinajstić information content (AvgIpc) is 2.78. The first-order valence-electron chi connectivity index (χ1n) is 5.54. The minimum Gasteiger partial charge on any atom is -0.383 e. The van der Waals surface area contributed by atoms with E-state index in [0.29, 0.717) is 25.0 Å². The molecular weight excluding hydrogens is 298 g/mol. The van der Waals surface area contributed by atoms with Gasteiger partial charge in [-0.15, -0.1) is 0 Å². The van der Waals surface area contributed by atoms with Gasteiger partial charge in [-0.1, -0.05) is 27.2 Å². The smallest absolute Gasteiger partial charge is 0.321 e. The van der Waals surface area contributed by atoms with Gasteiger partial charge >= 0.3 is 6.01 Å². The summed E-state index contributed by atoms with van der Waals surface area (Å²) in [5.41, 5.74) is 2.08. The molecule has 0 aliphatic rings. The van der Waals surface area contributed by atoms with Gasteiger partial charge in [-0.3, -0.25) is 0 Å². The molecule has 18 heavy (non-hydrogen) atoms. The molecule has 0 spiro atoms. The molecule has 0 aliphatic carbocycles. The Bertz CT molecular complexity index is 528. The average molecular weight is 312 g/mol. The summed E-state index contributed by atoms with van der Waals surface area (Å²) in [6.07, 6.45) is 0. The van der Waals surface area contributed by atoms with Crippen molar-refractivity contribution >= 4 is 21.9 Å². The van der Waals surface area contributed by atoms with Crippen LogP contribution >= 0.6 is 15.9 Å². The number of anilines is 1. The third-order valence-electron chi connectivity index (χ3n) is 2.37. The van der Waals surface area contributed by atoms with Crippen molar-refractivity contribution in [2.45, 2.75) is 6.92 Å². The summed E-state index contributed by atoms with van der Waals surface area (Å²) < 4.78 is 11.0. The zero-order valence-corrected chi connectivity index (χ0v) is 11.8. The maximum atomic E-state index is 5.10. The van der Waals surface area contributed by atoms with Gasteiger partial charge in [-0.05, 0) is 24.6 Å². The zero-order valence-electron chi connectivity index (χ0n) is 10.2. The van der Waals surface area contributed by atoms with Crippen LogP contribution in [0.3, 0.4) is 0 Å². The Morgan fingerprint density at radius 2 is 2.28 bits per heavy atom. The molecule has 1 aromatic carbocycles.